The first-order valence-corrected chi connectivity index (χ1v) is 6.48. The number of hydrogen-bond acceptors (Lipinski definition) is 0. The molecule has 3 atom stereocenters. The summed E-state index contributed by atoms with van der Waals surface area (Å²) in [6, 6.07) is 0.687. The molecule has 0 radical (unpaired) electrons. The maximum atomic E-state index is 4.36. The number of quaternary nitrogens is 1. The molecule has 0 bridgehead atoms. The maximum Gasteiger partial charge on any atom is 0.104 e. The van der Waals surface area contributed by atoms with Crippen molar-refractivity contribution >= 4 is 0 Å². The minimum absolute atomic E-state index is 0.635. The summed E-state index contributed by atoms with van der Waals surface area (Å²) in [4.78, 5) is 0. The topological polar surface area (TPSA) is 0 Å². The van der Waals surface area contributed by atoms with Crippen LogP contribution in [-0.2, 0) is 0 Å². The van der Waals surface area contributed by atoms with E-state index >= 15 is 0 Å². The summed E-state index contributed by atoms with van der Waals surface area (Å²) in [7, 11) is 2.35. The van der Waals surface area contributed by atoms with Gasteiger partial charge in [0.2, 0.25) is 0 Å². The molecular formula is C14H30N+. The Morgan fingerprint density at radius 3 is 2.00 bits per heavy atom. The van der Waals surface area contributed by atoms with Gasteiger partial charge in [-0.1, -0.05) is 27.7 Å². The SMILES string of the molecule is C=C(C(C)CC)[N+](C)(CCC)C(C)CC. The van der Waals surface area contributed by atoms with Gasteiger partial charge >= 0.3 is 0 Å². The Hall–Kier alpha value is -0.300. The lowest BCUT2D eigenvalue weighted by Gasteiger charge is -2.42. The summed E-state index contributed by atoms with van der Waals surface area (Å²) >= 11 is 0. The van der Waals surface area contributed by atoms with Crippen LogP contribution in [0.2, 0.25) is 0 Å². The fourth-order valence-corrected chi connectivity index (χ4v) is 2.25. The highest BCUT2D eigenvalue weighted by molar-refractivity contribution is 4.90. The van der Waals surface area contributed by atoms with Crippen LogP contribution >= 0.6 is 0 Å². The standard InChI is InChI=1S/C14H30N/c1-8-11-15(7,13(5)10-3)14(6)12(4)9-2/h12-13H,6,8-11H2,1-5,7H3/q+1. The Morgan fingerprint density at radius 1 is 1.13 bits per heavy atom. The summed E-state index contributed by atoms with van der Waals surface area (Å²) in [6.45, 7) is 17.0. The number of nitrogens with zero attached hydrogens (tertiary/aromatic N) is 1. The lowest BCUT2D eigenvalue weighted by molar-refractivity contribution is -0.899. The van der Waals surface area contributed by atoms with Crippen molar-refractivity contribution in [1.29, 1.82) is 0 Å². The largest absolute Gasteiger partial charge is 0.295 e. The molecule has 0 aromatic rings. The molecule has 0 aromatic heterocycles. The fraction of sp³-hybridized carbons (Fsp3) is 0.857. The van der Waals surface area contributed by atoms with Crippen LogP contribution in [-0.4, -0.2) is 24.1 Å². The second kappa shape index (κ2) is 6.32. The highest BCUT2D eigenvalue weighted by Crippen LogP contribution is 2.28. The maximum absolute atomic E-state index is 4.36. The first-order valence-electron chi connectivity index (χ1n) is 6.48. The molecule has 3 unspecified atom stereocenters. The molecule has 0 rings (SSSR count). The first-order chi connectivity index (χ1) is 6.93. The van der Waals surface area contributed by atoms with Gasteiger partial charge in [-0.3, -0.25) is 4.48 Å². The Morgan fingerprint density at radius 2 is 1.67 bits per heavy atom. The van der Waals surface area contributed by atoms with E-state index in [1.807, 2.05) is 0 Å². The first kappa shape index (κ1) is 14.7. The summed E-state index contributed by atoms with van der Waals surface area (Å²) < 4.78 is 1.06. The van der Waals surface area contributed by atoms with E-state index in [-0.39, 0.29) is 0 Å². The third-order valence-electron chi connectivity index (χ3n) is 4.09. The van der Waals surface area contributed by atoms with E-state index in [1.54, 1.807) is 0 Å². The summed E-state index contributed by atoms with van der Waals surface area (Å²) in [6.07, 6.45) is 3.66. The average Bonchev–Trinajstić information content (AvgIpc) is 2.25. The molecule has 1 nitrogen and oxygen atoms in total. The van der Waals surface area contributed by atoms with E-state index in [4.69, 9.17) is 0 Å². The van der Waals surface area contributed by atoms with Crippen molar-refractivity contribution in [3.8, 4) is 0 Å². The molecule has 0 aromatic carbocycles. The molecule has 0 spiro atoms. The number of rotatable bonds is 7. The van der Waals surface area contributed by atoms with Crippen LogP contribution in [0.25, 0.3) is 0 Å². The molecule has 0 aliphatic carbocycles. The van der Waals surface area contributed by atoms with Gasteiger partial charge in [-0.15, -0.1) is 0 Å². The van der Waals surface area contributed by atoms with Crippen LogP contribution in [0, 0.1) is 5.92 Å². The van der Waals surface area contributed by atoms with Crippen LogP contribution in [0.5, 0.6) is 0 Å². The summed E-state index contributed by atoms with van der Waals surface area (Å²) in [5, 5.41) is 0. The van der Waals surface area contributed by atoms with Gasteiger partial charge in [0, 0.05) is 5.92 Å². The second-order valence-corrected chi connectivity index (χ2v) is 5.05. The molecule has 0 aliphatic rings. The van der Waals surface area contributed by atoms with Gasteiger partial charge in [0.05, 0.1) is 19.6 Å². The Balaban J connectivity index is 4.84. The monoisotopic (exact) mass is 212 g/mol. The normalized spacial score (nSPS) is 19.3. The van der Waals surface area contributed by atoms with Crippen LogP contribution in [0.1, 0.15) is 53.9 Å². The van der Waals surface area contributed by atoms with Gasteiger partial charge in [-0.05, 0) is 32.8 Å². The van der Waals surface area contributed by atoms with Gasteiger partial charge in [0.15, 0.2) is 0 Å². The van der Waals surface area contributed by atoms with Gasteiger partial charge in [0.1, 0.15) is 5.70 Å². The summed E-state index contributed by atoms with van der Waals surface area (Å²) in [5.41, 5.74) is 1.41. The summed E-state index contributed by atoms with van der Waals surface area (Å²) in [5.74, 6) is 0.635. The second-order valence-electron chi connectivity index (χ2n) is 5.05. The molecule has 0 aliphatic heterocycles. The lowest BCUT2D eigenvalue weighted by atomic mass is 9.99. The van der Waals surface area contributed by atoms with E-state index in [2.05, 4.69) is 48.2 Å². The average molecular weight is 212 g/mol. The van der Waals surface area contributed by atoms with Gasteiger partial charge in [-0.25, -0.2) is 0 Å². The van der Waals surface area contributed by atoms with Crippen LogP contribution in [0.15, 0.2) is 12.3 Å². The lowest BCUT2D eigenvalue weighted by Crippen LogP contribution is -2.51. The van der Waals surface area contributed by atoms with Crippen molar-refractivity contribution in [1.82, 2.24) is 0 Å². The number of hydrogen-bond donors (Lipinski definition) is 0. The van der Waals surface area contributed by atoms with Crippen molar-refractivity contribution in [2.45, 2.75) is 59.9 Å². The Labute approximate surface area is 96.8 Å². The highest BCUT2D eigenvalue weighted by atomic mass is 15.4. The van der Waals surface area contributed by atoms with E-state index in [9.17, 15) is 0 Å². The van der Waals surface area contributed by atoms with Crippen molar-refractivity contribution < 1.29 is 4.48 Å². The van der Waals surface area contributed by atoms with Crippen molar-refractivity contribution in [2.75, 3.05) is 13.6 Å². The quantitative estimate of drug-likeness (QED) is 0.555. The smallest absolute Gasteiger partial charge is 0.104 e. The van der Waals surface area contributed by atoms with E-state index < -0.39 is 0 Å². The van der Waals surface area contributed by atoms with E-state index in [1.165, 1.54) is 31.5 Å². The van der Waals surface area contributed by atoms with Crippen molar-refractivity contribution in [3.05, 3.63) is 12.3 Å². The van der Waals surface area contributed by atoms with E-state index in [0.29, 0.717) is 12.0 Å². The number of allylic oxidation sites excluding steroid dienone is 1. The van der Waals surface area contributed by atoms with Crippen molar-refractivity contribution in [3.63, 3.8) is 0 Å². The zero-order valence-corrected chi connectivity index (χ0v) is 11.6. The van der Waals surface area contributed by atoms with Gasteiger partial charge in [0.25, 0.3) is 0 Å². The zero-order valence-electron chi connectivity index (χ0n) is 11.6. The Kier molecular flexibility index (Phi) is 6.19. The van der Waals surface area contributed by atoms with Crippen molar-refractivity contribution in [2.24, 2.45) is 5.92 Å². The van der Waals surface area contributed by atoms with E-state index in [0.717, 1.165) is 4.48 Å². The molecule has 0 saturated heterocycles. The van der Waals surface area contributed by atoms with Gasteiger partial charge < -0.3 is 0 Å². The fourth-order valence-electron chi connectivity index (χ4n) is 2.25. The predicted octanol–water partition coefficient (Wildman–Crippen LogP) is 4.20. The highest BCUT2D eigenvalue weighted by Gasteiger charge is 2.32. The van der Waals surface area contributed by atoms with Gasteiger partial charge in [-0.2, -0.15) is 0 Å². The minimum atomic E-state index is 0.635. The molecule has 0 fully saturated rings. The minimum Gasteiger partial charge on any atom is -0.295 e. The third-order valence-corrected chi connectivity index (χ3v) is 4.09. The molecule has 15 heavy (non-hydrogen) atoms. The zero-order chi connectivity index (χ0) is 12.1. The molecule has 0 saturated carbocycles. The predicted molar refractivity (Wildman–Crippen MR) is 69.7 cm³/mol. The van der Waals surface area contributed by atoms with Crippen LogP contribution in [0.4, 0.5) is 0 Å². The Bertz CT molecular complexity index is 198. The molecule has 0 N–H and O–H groups in total. The van der Waals surface area contributed by atoms with Crippen LogP contribution in [0.3, 0.4) is 0 Å². The molecular weight excluding hydrogens is 182 g/mol. The van der Waals surface area contributed by atoms with Crippen LogP contribution < -0.4 is 0 Å². The molecule has 90 valence electrons. The molecule has 0 heterocycles. The molecule has 0 amide bonds. The molecule has 1 heteroatoms. The third kappa shape index (κ3) is 3.34.